The summed E-state index contributed by atoms with van der Waals surface area (Å²) in [5.74, 6) is -0.651. The molecule has 39 heavy (non-hydrogen) atoms. The summed E-state index contributed by atoms with van der Waals surface area (Å²) in [7, 11) is 0. The maximum absolute atomic E-state index is 13.3. The summed E-state index contributed by atoms with van der Waals surface area (Å²) in [6.45, 7) is 0.320. The monoisotopic (exact) mass is 527 g/mol. The third kappa shape index (κ3) is 5.55. The van der Waals surface area contributed by atoms with Crippen LogP contribution in [0.2, 0.25) is 0 Å². The van der Waals surface area contributed by atoms with E-state index in [9.17, 15) is 14.7 Å². The van der Waals surface area contributed by atoms with E-state index < -0.39 is 17.4 Å². The van der Waals surface area contributed by atoms with Crippen molar-refractivity contribution in [3.63, 3.8) is 0 Å². The van der Waals surface area contributed by atoms with Crippen LogP contribution in [-0.4, -0.2) is 45.7 Å². The predicted molar refractivity (Wildman–Crippen MR) is 149 cm³/mol. The van der Waals surface area contributed by atoms with Gasteiger partial charge < -0.3 is 15.2 Å². The normalized spacial score (nSPS) is 21.9. The number of rotatable bonds is 11. The van der Waals surface area contributed by atoms with Gasteiger partial charge in [-0.25, -0.2) is 4.79 Å². The van der Waals surface area contributed by atoms with Crippen molar-refractivity contribution in [1.29, 1.82) is 0 Å². The number of carboxylic acid groups (broad SMARTS) is 1. The Kier molecular flexibility index (Phi) is 7.34. The molecule has 1 atom stereocenters. The summed E-state index contributed by atoms with van der Waals surface area (Å²) in [5, 5.41) is 14.6. The van der Waals surface area contributed by atoms with Crippen molar-refractivity contribution in [2.24, 2.45) is 5.92 Å². The standard InChI is InChI=1S/C32H37N3O4/c36-30(37)28(35-31(38)32(15-16-32)29-26-7-3-1-5-22(26)13-17-33-29)14-18-39-25-19-21(20-25)9-11-24-12-10-23-6-2-4-8-27(23)34-24/h1,3,5,7,10,12-13,17,21,25,28H,2,4,6,8-9,11,14-16,18-20H2,(H,35,38)(H,36,37). The molecule has 6 rings (SSSR count). The highest BCUT2D eigenvalue weighted by molar-refractivity contribution is 5.98. The molecular formula is C32H37N3O4. The molecule has 2 saturated carbocycles. The van der Waals surface area contributed by atoms with E-state index >= 15 is 0 Å². The number of fused-ring (bicyclic) bond motifs is 2. The Morgan fingerprint density at radius 3 is 2.72 bits per heavy atom. The average Bonchev–Trinajstić information content (AvgIpc) is 3.74. The van der Waals surface area contributed by atoms with E-state index in [4.69, 9.17) is 9.72 Å². The molecule has 3 aromatic rings. The maximum Gasteiger partial charge on any atom is 0.326 e. The summed E-state index contributed by atoms with van der Waals surface area (Å²) in [6.07, 6.45) is 12.4. The number of hydrogen-bond acceptors (Lipinski definition) is 5. The molecule has 0 spiro atoms. The predicted octanol–water partition coefficient (Wildman–Crippen LogP) is 4.93. The molecule has 1 aromatic carbocycles. The largest absolute Gasteiger partial charge is 0.480 e. The van der Waals surface area contributed by atoms with Gasteiger partial charge >= 0.3 is 5.97 Å². The molecule has 0 radical (unpaired) electrons. The minimum Gasteiger partial charge on any atom is -0.480 e. The minimum absolute atomic E-state index is 0.172. The molecule has 2 fully saturated rings. The van der Waals surface area contributed by atoms with Crippen molar-refractivity contribution in [3.8, 4) is 0 Å². The molecule has 7 heteroatoms. The van der Waals surface area contributed by atoms with Gasteiger partial charge in [0.05, 0.1) is 17.2 Å². The number of carboxylic acids is 1. The number of hydrogen-bond donors (Lipinski definition) is 2. The van der Waals surface area contributed by atoms with Crippen molar-refractivity contribution in [2.45, 2.75) is 88.2 Å². The Labute approximate surface area is 229 Å². The van der Waals surface area contributed by atoms with E-state index in [1.807, 2.05) is 30.3 Å². The van der Waals surface area contributed by atoms with Gasteiger partial charge in [0, 0.05) is 36.0 Å². The molecule has 0 saturated heterocycles. The quantitative estimate of drug-likeness (QED) is 0.367. The molecule has 2 N–H and O–H groups in total. The molecule has 2 aromatic heterocycles. The molecule has 3 aliphatic rings. The van der Waals surface area contributed by atoms with Crippen molar-refractivity contribution in [3.05, 3.63) is 71.3 Å². The molecule has 204 valence electrons. The second-order valence-corrected chi connectivity index (χ2v) is 11.6. The molecule has 1 unspecified atom stereocenters. The fraction of sp³-hybridized carbons (Fsp3) is 0.500. The number of carbonyl (C=O) groups excluding carboxylic acids is 1. The van der Waals surface area contributed by atoms with Gasteiger partial charge in [-0.3, -0.25) is 14.8 Å². The van der Waals surface area contributed by atoms with Crippen LogP contribution in [0.5, 0.6) is 0 Å². The van der Waals surface area contributed by atoms with Crippen LogP contribution in [0.25, 0.3) is 10.8 Å². The number of pyridine rings is 2. The number of nitrogens with zero attached hydrogens (tertiary/aromatic N) is 2. The molecule has 1 amide bonds. The van der Waals surface area contributed by atoms with Gasteiger partial charge in [0.2, 0.25) is 5.91 Å². The smallest absolute Gasteiger partial charge is 0.326 e. The van der Waals surface area contributed by atoms with Crippen molar-refractivity contribution in [2.75, 3.05) is 6.61 Å². The zero-order chi connectivity index (χ0) is 26.8. The van der Waals surface area contributed by atoms with Crippen LogP contribution in [0, 0.1) is 5.92 Å². The Balaban J connectivity index is 0.957. The topological polar surface area (TPSA) is 101 Å². The Morgan fingerprint density at radius 2 is 1.90 bits per heavy atom. The molecule has 0 aliphatic heterocycles. The number of ether oxygens (including phenoxy) is 1. The minimum atomic E-state index is -1.03. The van der Waals surface area contributed by atoms with E-state index in [1.165, 1.54) is 36.2 Å². The zero-order valence-electron chi connectivity index (χ0n) is 22.4. The number of carbonyl (C=O) groups is 2. The number of aromatic nitrogens is 2. The lowest BCUT2D eigenvalue weighted by Gasteiger charge is -2.35. The van der Waals surface area contributed by atoms with Crippen LogP contribution in [0.3, 0.4) is 0 Å². The first-order chi connectivity index (χ1) is 19.0. The summed E-state index contributed by atoms with van der Waals surface area (Å²) in [5.41, 5.74) is 3.92. The maximum atomic E-state index is 13.3. The lowest BCUT2D eigenvalue weighted by molar-refractivity contribution is -0.143. The number of aryl methyl sites for hydroxylation is 3. The zero-order valence-corrected chi connectivity index (χ0v) is 22.4. The van der Waals surface area contributed by atoms with Gasteiger partial charge in [0.25, 0.3) is 0 Å². The van der Waals surface area contributed by atoms with Gasteiger partial charge in [-0.1, -0.05) is 30.3 Å². The van der Waals surface area contributed by atoms with E-state index in [0.717, 1.165) is 48.6 Å². The number of amides is 1. The fourth-order valence-corrected chi connectivity index (χ4v) is 6.27. The van der Waals surface area contributed by atoms with Crippen LogP contribution in [-0.2, 0) is 39.0 Å². The summed E-state index contributed by atoms with van der Waals surface area (Å²) in [4.78, 5) is 34.7. The second kappa shape index (κ2) is 11.0. The van der Waals surface area contributed by atoms with E-state index in [-0.39, 0.29) is 18.4 Å². The van der Waals surface area contributed by atoms with Crippen LogP contribution in [0.1, 0.15) is 74.0 Å². The van der Waals surface area contributed by atoms with Crippen molar-refractivity contribution >= 4 is 22.6 Å². The summed E-state index contributed by atoms with van der Waals surface area (Å²) in [6, 6.07) is 13.3. The first kappa shape index (κ1) is 25.9. The van der Waals surface area contributed by atoms with Crippen LogP contribution in [0.4, 0.5) is 0 Å². The highest BCUT2D eigenvalue weighted by Crippen LogP contribution is 2.49. The highest BCUT2D eigenvalue weighted by atomic mass is 16.5. The number of aliphatic carboxylic acids is 1. The molecule has 7 nitrogen and oxygen atoms in total. The third-order valence-electron chi connectivity index (χ3n) is 8.91. The molecule has 3 aliphatic carbocycles. The van der Waals surface area contributed by atoms with Crippen LogP contribution < -0.4 is 5.32 Å². The van der Waals surface area contributed by atoms with Gasteiger partial charge in [-0.2, -0.15) is 0 Å². The lowest BCUT2D eigenvalue weighted by atomic mass is 9.79. The number of benzene rings is 1. The SMILES string of the molecule is O=C(O)C(CCOC1CC(CCc2ccc3c(n2)CCCC3)C1)NC(=O)C1(c2nccc3ccccc23)CC1. The number of nitrogens with one attached hydrogen (secondary N) is 1. The first-order valence-corrected chi connectivity index (χ1v) is 14.5. The summed E-state index contributed by atoms with van der Waals surface area (Å²) < 4.78 is 6.00. The van der Waals surface area contributed by atoms with Crippen molar-refractivity contribution in [1.82, 2.24) is 15.3 Å². The third-order valence-corrected chi connectivity index (χ3v) is 8.91. The Bertz CT molecular complexity index is 1360. The Hall–Kier alpha value is -3.32. The summed E-state index contributed by atoms with van der Waals surface area (Å²) >= 11 is 0. The van der Waals surface area contributed by atoms with Gasteiger partial charge in [0.1, 0.15) is 6.04 Å². The average molecular weight is 528 g/mol. The van der Waals surface area contributed by atoms with Crippen molar-refractivity contribution < 1.29 is 19.4 Å². The first-order valence-electron chi connectivity index (χ1n) is 14.5. The van der Waals surface area contributed by atoms with Gasteiger partial charge in [-0.15, -0.1) is 0 Å². The molecular weight excluding hydrogens is 490 g/mol. The van der Waals surface area contributed by atoms with E-state index in [0.29, 0.717) is 25.4 Å². The molecule has 0 bridgehead atoms. The van der Waals surface area contributed by atoms with E-state index in [1.54, 1.807) is 6.20 Å². The highest BCUT2D eigenvalue weighted by Gasteiger charge is 2.54. The second-order valence-electron chi connectivity index (χ2n) is 11.6. The lowest BCUT2D eigenvalue weighted by Crippen LogP contribution is -2.46. The Morgan fingerprint density at radius 1 is 1.08 bits per heavy atom. The van der Waals surface area contributed by atoms with E-state index in [2.05, 4.69) is 22.4 Å². The molecule has 2 heterocycles. The van der Waals surface area contributed by atoms with Crippen LogP contribution >= 0.6 is 0 Å². The fourth-order valence-electron chi connectivity index (χ4n) is 6.27. The van der Waals surface area contributed by atoms with Gasteiger partial charge in [-0.05, 0) is 93.2 Å². The van der Waals surface area contributed by atoms with Crippen LogP contribution in [0.15, 0.2) is 48.7 Å². The van der Waals surface area contributed by atoms with Gasteiger partial charge in [0.15, 0.2) is 0 Å².